The van der Waals surface area contributed by atoms with E-state index in [2.05, 4.69) is 15.9 Å². The smallest absolute Gasteiger partial charge is 0.421 e. The van der Waals surface area contributed by atoms with Crippen molar-refractivity contribution in [1.29, 1.82) is 0 Å². The van der Waals surface area contributed by atoms with Crippen molar-refractivity contribution < 1.29 is 19.1 Å². The Bertz CT molecular complexity index is 725. The average Bonchev–Trinajstić information content (AvgIpc) is 2.69. The number of ketones is 1. The second kappa shape index (κ2) is 5.69. The molecule has 0 bridgehead atoms. The number of benzene rings is 1. The topological polar surface area (TPSA) is 63.7 Å². The number of carbonyl (C=O) groups is 3. The number of halogens is 1. The van der Waals surface area contributed by atoms with Gasteiger partial charge in [-0.05, 0) is 51.3 Å². The Balaban J connectivity index is 2.06. The Hall–Kier alpha value is -1.69. The lowest BCUT2D eigenvalue weighted by atomic mass is 9.70. The van der Waals surface area contributed by atoms with E-state index in [1.54, 1.807) is 26.8 Å². The largest absolute Gasteiger partial charge is 0.443 e. The maximum atomic E-state index is 13.2. The first kappa shape index (κ1) is 17.1. The summed E-state index contributed by atoms with van der Waals surface area (Å²) in [5, 5.41) is 0. The van der Waals surface area contributed by atoms with Gasteiger partial charge in [0.05, 0.1) is 11.1 Å². The number of nitrogens with zero attached hydrogens (tertiary/aromatic N) is 1. The van der Waals surface area contributed by atoms with E-state index in [4.69, 9.17) is 4.74 Å². The molecule has 128 valence electrons. The van der Waals surface area contributed by atoms with Crippen LogP contribution in [0.15, 0.2) is 22.7 Å². The number of carbonyl (C=O) groups excluding carboxylic acids is 3. The minimum absolute atomic E-state index is 0.169. The van der Waals surface area contributed by atoms with Gasteiger partial charge >= 0.3 is 6.09 Å². The third kappa shape index (κ3) is 2.77. The molecule has 1 fully saturated rings. The van der Waals surface area contributed by atoms with E-state index in [-0.39, 0.29) is 11.7 Å². The lowest BCUT2D eigenvalue weighted by Gasteiger charge is -2.31. The molecule has 2 aliphatic rings. The summed E-state index contributed by atoms with van der Waals surface area (Å²) in [6.45, 7) is 5.30. The highest BCUT2D eigenvalue weighted by molar-refractivity contribution is 9.10. The standard InChI is InChI=1S/C18H20BrNO4/c1-17(2,3)24-16(23)20-14-10-11(19)4-5-13(14)18(15(20)22)8-6-12(21)7-9-18/h4-5,10H,6-9H2,1-3H3. The van der Waals surface area contributed by atoms with E-state index >= 15 is 0 Å². The molecule has 24 heavy (non-hydrogen) atoms. The third-order valence-electron chi connectivity index (χ3n) is 4.57. The van der Waals surface area contributed by atoms with E-state index in [0.29, 0.717) is 31.4 Å². The molecular formula is C18H20BrNO4. The quantitative estimate of drug-likeness (QED) is 0.664. The molecule has 1 heterocycles. The lowest BCUT2D eigenvalue weighted by Crippen LogP contribution is -2.46. The van der Waals surface area contributed by atoms with Gasteiger partial charge in [0.1, 0.15) is 11.4 Å². The summed E-state index contributed by atoms with van der Waals surface area (Å²) in [6, 6.07) is 5.50. The Kier molecular flexibility index (Phi) is 4.06. The molecule has 0 unspecified atom stereocenters. The molecule has 1 aromatic rings. The molecule has 2 amide bonds. The van der Waals surface area contributed by atoms with E-state index in [9.17, 15) is 14.4 Å². The van der Waals surface area contributed by atoms with Crippen LogP contribution in [0.1, 0.15) is 52.0 Å². The predicted molar refractivity (Wildman–Crippen MR) is 93.0 cm³/mol. The zero-order chi connectivity index (χ0) is 17.7. The number of hydrogen-bond donors (Lipinski definition) is 0. The summed E-state index contributed by atoms with van der Waals surface area (Å²) in [4.78, 5) is 38.6. The molecule has 0 aromatic heterocycles. The number of rotatable bonds is 0. The Morgan fingerprint density at radius 3 is 2.42 bits per heavy atom. The molecule has 1 aromatic carbocycles. The van der Waals surface area contributed by atoms with Gasteiger partial charge in [0.15, 0.2) is 0 Å². The number of Topliss-reactive ketones (excluding diaryl/α,β-unsaturated/α-hetero) is 1. The molecule has 3 rings (SSSR count). The van der Waals surface area contributed by atoms with Crippen LogP contribution in [0.5, 0.6) is 0 Å². The van der Waals surface area contributed by atoms with Crippen molar-refractivity contribution in [1.82, 2.24) is 0 Å². The first-order valence-corrected chi connectivity index (χ1v) is 8.83. The number of amides is 2. The fourth-order valence-corrected chi connectivity index (χ4v) is 3.81. The number of ether oxygens (including phenoxy) is 1. The van der Waals surface area contributed by atoms with Gasteiger partial charge in [0.25, 0.3) is 0 Å². The number of anilines is 1. The fourth-order valence-electron chi connectivity index (χ4n) is 3.46. The van der Waals surface area contributed by atoms with E-state index in [1.165, 1.54) is 0 Å². The second-order valence-corrected chi connectivity index (χ2v) is 8.32. The molecule has 1 saturated carbocycles. The predicted octanol–water partition coefficient (Wildman–Crippen LogP) is 4.11. The molecule has 0 N–H and O–H groups in total. The van der Waals surface area contributed by atoms with Crippen LogP contribution in [0.2, 0.25) is 0 Å². The Morgan fingerprint density at radius 2 is 1.83 bits per heavy atom. The summed E-state index contributed by atoms with van der Waals surface area (Å²) in [5.74, 6) is -0.111. The SMILES string of the molecule is CC(C)(C)OC(=O)N1C(=O)C2(CCC(=O)CC2)c2ccc(Br)cc21. The number of hydrogen-bond acceptors (Lipinski definition) is 4. The van der Waals surface area contributed by atoms with Crippen molar-refractivity contribution in [2.45, 2.75) is 57.5 Å². The zero-order valence-electron chi connectivity index (χ0n) is 14.0. The number of imide groups is 1. The minimum Gasteiger partial charge on any atom is -0.443 e. The van der Waals surface area contributed by atoms with Crippen molar-refractivity contribution in [3.8, 4) is 0 Å². The molecule has 1 aliphatic carbocycles. The highest BCUT2D eigenvalue weighted by Gasteiger charge is 2.54. The third-order valence-corrected chi connectivity index (χ3v) is 5.06. The van der Waals surface area contributed by atoms with Gasteiger partial charge < -0.3 is 4.74 Å². The molecule has 6 heteroatoms. The molecular weight excluding hydrogens is 374 g/mol. The highest BCUT2D eigenvalue weighted by Crippen LogP contribution is 2.50. The van der Waals surface area contributed by atoms with Gasteiger partial charge in [-0.1, -0.05) is 22.0 Å². The maximum Gasteiger partial charge on any atom is 0.421 e. The van der Waals surface area contributed by atoms with Gasteiger partial charge in [-0.15, -0.1) is 0 Å². The summed E-state index contributed by atoms with van der Waals surface area (Å²) < 4.78 is 6.21. The summed E-state index contributed by atoms with van der Waals surface area (Å²) in [7, 11) is 0. The van der Waals surface area contributed by atoms with Gasteiger partial charge in [-0.25, -0.2) is 9.69 Å². The molecule has 1 spiro atoms. The van der Waals surface area contributed by atoms with Crippen LogP contribution in [-0.2, 0) is 19.7 Å². The summed E-state index contributed by atoms with van der Waals surface area (Å²) >= 11 is 3.40. The molecule has 0 saturated heterocycles. The minimum atomic E-state index is -0.791. The Labute approximate surface area is 149 Å². The van der Waals surface area contributed by atoms with Crippen molar-refractivity contribution in [3.05, 3.63) is 28.2 Å². The van der Waals surface area contributed by atoms with Crippen molar-refractivity contribution in [3.63, 3.8) is 0 Å². The molecule has 0 radical (unpaired) electrons. The zero-order valence-corrected chi connectivity index (χ0v) is 15.6. The van der Waals surface area contributed by atoms with Crippen molar-refractivity contribution in [2.75, 3.05) is 4.90 Å². The van der Waals surface area contributed by atoms with Crippen LogP contribution in [0.25, 0.3) is 0 Å². The average molecular weight is 394 g/mol. The summed E-state index contributed by atoms with van der Waals surface area (Å²) in [6.07, 6.45) is 0.949. The van der Waals surface area contributed by atoms with Crippen LogP contribution in [-0.4, -0.2) is 23.4 Å². The van der Waals surface area contributed by atoms with Gasteiger partial charge in [-0.2, -0.15) is 0 Å². The second-order valence-electron chi connectivity index (χ2n) is 7.40. The number of fused-ring (bicyclic) bond motifs is 2. The summed E-state index contributed by atoms with van der Waals surface area (Å²) in [5.41, 5.74) is -0.116. The van der Waals surface area contributed by atoms with Crippen LogP contribution in [0.3, 0.4) is 0 Å². The highest BCUT2D eigenvalue weighted by atomic mass is 79.9. The van der Waals surface area contributed by atoms with E-state index in [0.717, 1.165) is 14.9 Å². The van der Waals surface area contributed by atoms with E-state index < -0.39 is 17.1 Å². The van der Waals surface area contributed by atoms with E-state index in [1.807, 2.05) is 12.1 Å². The van der Waals surface area contributed by atoms with Crippen LogP contribution in [0.4, 0.5) is 10.5 Å². The molecule has 0 atom stereocenters. The first-order valence-electron chi connectivity index (χ1n) is 8.03. The first-order chi connectivity index (χ1) is 11.1. The Morgan fingerprint density at radius 1 is 1.21 bits per heavy atom. The fraction of sp³-hybridized carbons (Fsp3) is 0.500. The molecule has 1 aliphatic heterocycles. The van der Waals surface area contributed by atoms with Gasteiger partial charge in [-0.3, -0.25) is 9.59 Å². The molecule has 5 nitrogen and oxygen atoms in total. The maximum absolute atomic E-state index is 13.2. The van der Waals surface area contributed by atoms with Crippen LogP contribution < -0.4 is 4.90 Å². The monoisotopic (exact) mass is 393 g/mol. The lowest BCUT2D eigenvalue weighted by molar-refractivity contribution is -0.127. The van der Waals surface area contributed by atoms with Gasteiger partial charge in [0, 0.05) is 17.3 Å². The van der Waals surface area contributed by atoms with Gasteiger partial charge in [0.2, 0.25) is 5.91 Å². The van der Waals surface area contributed by atoms with Crippen LogP contribution >= 0.6 is 15.9 Å². The normalized spacial score (nSPS) is 19.6. The van der Waals surface area contributed by atoms with Crippen molar-refractivity contribution in [2.24, 2.45) is 0 Å². The van der Waals surface area contributed by atoms with Crippen LogP contribution in [0, 0.1) is 0 Å². The van der Waals surface area contributed by atoms with Crippen molar-refractivity contribution >= 4 is 39.4 Å².